The molecule has 0 aliphatic rings. The van der Waals surface area contributed by atoms with Gasteiger partial charge in [-0.3, -0.25) is 0 Å². The summed E-state index contributed by atoms with van der Waals surface area (Å²) in [5.41, 5.74) is 1.72. The third-order valence-corrected chi connectivity index (χ3v) is 5.09. The number of anilines is 1. The van der Waals surface area contributed by atoms with Crippen LogP contribution in [0.15, 0.2) is 36.4 Å². The molecule has 0 unspecified atom stereocenters. The second-order valence-electron chi connectivity index (χ2n) is 6.68. The van der Waals surface area contributed by atoms with E-state index < -0.39 is 0 Å². The minimum absolute atomic E-state index is 0.512. The minimum atomic E-state index is 0.512. The van der Waals surface area contributed by atoms with Gasteiger partial charge in [0.15, 0.2) is 5.82 Å². The molecule has 0 atom stereocenters. The van der Waals surface area contributed by atoms with Crippen molar-refractivity contribution < 1.29 is 0 Å². The molecule has 0 fully saturated rings. The number of aromatic nitrogens is 2. The van der Waals surface area contributed by atoms with Crippen molar-refractivity contribution in [3.05, 3.63) is 62.9 Å². The Morgan fingerprint density at radius 3 is 2.54 bits per heavy atom. The van der Waals surface area contributed by atoms with Crippen LogP contribution in [0.5, 0.6) is 0 Å². The first kappa shape index (κ1) is 20.9. The van der Waals surface area contributed by atoms with Gasteiger partial charge in [0.1, 0.15) is 5.82 Å². The fraction of sp³-hybridized carbons (Fsp3) is 0.238. The van der Waals surface area contributed by atoms with Crippen LogP contribution in [0.3, 0.4) is 0 Å². The van der Waals surface area contributed by atoms with Gasteiger partial charge in [0.2, 0.25) is 0 Å². The maximum absolute atomic E-state index is 6.16. The molecule has 1 heterocycles. The molecule has 2 aromatic carbocycles. The van der Waals surface area contributed by atoms with Crippen LogP contribution in [0, 0.1) is 0 Å². The van der Waals surface area contributed by atoms with Gasteiger partial charge in [0.25, 0.3) is 0 Å². The van der Waals surface area contributed by atoms with E-state index in [1.807, 2.05) is 36.4 Å². The standard InChI is InChI=1S/C21H21Cl3N4/c1-28(2)11-3-10-25-21-16-7-6-15(22)13-19(16)26-20(27-21)9-5-14-4-8-17(23)18(24)12-14/h4-9,12-13H,3,10-11H2,1-2H3,(H,25,26,27). The molecule has 0 amide bonds. The van der Waals surface area contributed by atoms with Gasteiger partial charge in [-0.25, -0.2) is 9.97 Å². The molecule has 0 aliphatic heterocycles. The van der Waals surface area contributed by atoms with E-state index in [1.165, 1.54) is 0 Å². The maximum Gasteiger partial charge on any atom is 0.154 e. The summed E-state index contributed by atoms with van der Waals surface area (Å²) in [5, 5.41) is 6.05. The van der Waals surface area contributed by atoms with Crippen molar-refractivity contribution in [1.82, 2.24) is 14.9 Å². The molecule has 0 spiro atoms. The summed E-state index contributed by atoms with van der Waals surface area (Å²) in [5.74, 6) is 1.39. The van der Waals surface area contributed by atoms with Crippen molar-refractivity contribution in [3.8, 4) is 0 Å². The van der Waals surface area contributed by atoms with E-state index >= 15 is 0 Å². The van der Waals surface area contributed by atoms with Gasteiger partial charge in [0.05, 0.1) is 15.6 Å². The highest BCUT2D eigenvalue weighted by Crippen LogP contribution is 2.26. The second kappa shape index (κ2) is 9.57. The van der Waals surface area contributed by atoms with E-state index in [1.54, 1.807) is 12.1 Å². The van der Waals surface area contributed by atoms with Crippen LogP contribution in [-0.4, -0.2) is 42.1 Å². The Balaban J connectivity index is 1.88. The molecule has 0 bridgehead atoms. The molecule has 146 valence electrons. The first-order chi connectivity index (χ1) is 13.4. The Morgan fingerprint density at radius 2 is 1.79 bits per heavy atom. The zero-order chi connectivity index (χ0) is 20.1. The molecule has 4 nitrogen and oxygen atoms in total. The Bertz CT molecular complexity index is 1000. The number of hydrogen-bond donors (Lipinski definition) is 1. The molecule has 28 heavy (non-hydrogen) atoms. The third-order valence-electron chi connectivity index (χ3n) is 4.12. The predicted octanol–water partition coefficient (Wildman–Crippen LogP) is 6.12. The number of halogens is 3. The number of nitrogens with zero attached hydrogens (tertiary/aromatic N) is 3. The lowest BCUT2D eigenvalue weighted by Gasteiger charge is -2.12. The van der Waals surface area contributed by atoms with Gasteiger partial charge in [-0.05, 0) is 69.0 Å². The van der Waals surface area contributed by atoms with Crippen LogP contribution in [0.4, 0.5) is 5.82 Å². The van der Waals surface area contributed by atoms with E-state index in [9.17, 15) is 0 Å². The highest BCUT2D eigenvalue weighted by Gasteiger charge is 2.07. The molecule has 0 saturated heterocycles. The van der Waals surface area contributed by atoms with Crippen LogP contribution < -0.4 is 5.32 Å². The van der Waals surface area contributed by atoms with Crippen LogP contribution in [0.1, 0.15) is 17.8 Å². The fourth-order valence-electron chi connectivity index (χ4n) is 2.72. The third kappa shape index (κ3) is 5.58. The molecule has 7 heteroatoms. The van der Waals surface area contributed by atoms with E-state index in [4.69, 9.17) is 34.8 Å². The van der Waals surface area contributed by atoms with Crippen molar-refractivity contribution in [1.29, 1.82) is 0 Å². The van der Waals surface area contributed by atoms with Crippen molar-refractivity contribution in [2.24, 2.45) is 0 Å². The molecule has 0 radical (unpaired) electrons. The monoisotopic (exact) mass is 434 g/mol. The molecule has 1 aromatic heterocycles. The Labute approximate surface area is 180 Å². The van der Waals surface area contributed by atoms with E-state index in [2.05, 4.69) is 34.3 Å². The Kier molecular flexibility index (Phi) is 7.13. The summed E-state index contributed by atoms with van der Waals surface area (Å²) in [7, 11) is 4.13. The number of hydrogen-bond acceptors (Lipinski definition) is 4. The van der Waals surface area contributed by atoms with E-state index in [-0.39, 0.29) is 0 Å². The Hall–Kier alpha value is -1.85. The van der Waals surface area contributed by atoms with E-state index in [0.29, 0.717) is 20.9 Å². The van der Waals surface area contributed by atoms with Crippen LogP contribution >= 0.6 is 34.8 Å². The average Bonchev–Trinajstić information content (AvgIpc) is 2.65. The van der Waals surface area contributed by atoms with Crippen LogP contribution in [0.25, 0.3) is 23.1 Å². The van der Waals surface area contributed by atoms with Gasteiger partial charge < -0.3 is 10.2 Å². The smallest absolute Gasteiger partial charge is 0.154 e. The molecule has 3 rings (SSSR count). The van der Waals surface area contributed by atoms with Crippen molar-refractivity contribution in [2.75, 3.05) is 32.5 Å². The summed E-state index contributed by atoms with van der Waals surface area (Å²) in [6, 6.07) is 11.1. The van der Waals surface area contributed by atoms with Crippen LogP contribution in [0.2, 0.25) is 15.1 Å². The lowest BCUT2D eigenvalue weighted by atomic mass is 10.2. The number of benzene rings is 2. The zero-order valence-electron chi connectivity index (χ0n) is 15.7. The summed E-state index contributed by atoms with van der Waals surface area (Å²) in [6.45, 7) is 1.83. The summed E-state index contributed by atoms with van der Waals surface area (Å²) in [4.78, 5) is 11.5. The summed E-state index contributed by atoms with van der Waals surface area (Å²) in [6.07, 6.45) is 4.77. The fourth-order valence-corrected chi connectivity index (χ4v) is 3.19. The normalized spacial score (nSPS) is 11.6. The van der Waals surface area contributed by atoms with Crippen molar-refractivity contribution in [2.45, 2.75) is 6.42 Å². The van der Waals surface area contributed by atoms with Crippen molar-refractivity contribution >= 4 is 63.7 Å². The SMILES string of the molecule is CN(C)CCCNc1nc(C=Cc2ccc(Cl)c(Cl)c2)nc2cc(Cl)ccc12. The molecular formula is C21H21Cl3N4. The molecule has 3 aromatic rings. The topological polar surface area (TPSA) is 41.0 Å². The van der Waals surface area contributed by atoms with Crippen LogP contribution in [-0.2, 0) is 0 Å². The summed E-state index contributed by atoms with van der Waals surface area (Å²) < 4.78 is 0. The first-order valence-corrected chi connectivity index (χ1v) is 10.0. The molecule has 1 N–H and O–H groups in total. The lowest BCUT2D eigenvalue weighted by molar-refractivity contribution is 0.405. The average molecular weight is 436 g/mol. The van der Waals surface area contributed by atoms with Gasteiger partial charge in [-0.1, -0.05) is 46.9 Å². The molecule has 0 saturated carbocycles. The first-order valence-electron chi connectivity index (χ1n) is 8.91. The van der Waals surface area contributed by atoms with Gasteiger partial charge in [-0.15, -0.1) is 0 Å². The molecule has 0 aliphatic carbocycles. The minimum Gasteiger partial charge on any atom is -0.369 e. The number of rotatable bonds is 7. The quantitative estimate of drug-likeness (QED) is 0.454. The largest absolute Gasteiger partial charge is 0.369 e. The van der Waals surface area contributed by atoms with Crippen molar-refractivity contribution in [3.63, 3.8) is 0 Å². The highest BCUT2D eigenvalue weighted by atomic mass is 35.5. The van der Waals surface area contributed by atoms with Gasteiger partial charge in [-0.2, -0.15) is 0 Å². The van der Waals surface area contributed by atoms with E-state index in [0.717, 1.165) is 41.8 Å². The number of fused-ring (bicyclic) bond motifs is 1. The molecular weight excluding hydrogens is 415 g/mol. The number of nitrogens with one attached hydrogen (secondary N) is 1. The second-order valence-corrected chi connectivity index (χ2v) is 7.93. The van der Waals surface area contributed by atoms with Gasteiger partial charge in [0, 0.05) is 17.0 Å². The summed E-state index contributed by atoms with van der Waals surface area (Å²) >= 11 is 18.2. The highest BCUT2D eigenvalue weighted by molar-refractivity contribution is 6.42. The predicted molar refractivity (Wildman–Crippen MR) is 122 cm³/mol. The lowest BCUT2D eigenvalue weighted by Crippen LogP contribution is -2.17. The maximum atomic E-state index is 6.16. The zero-order valence-corrected chi connectivity index (χ0v) is 18.0. The van der Waals surface area contributed by atoms with Gasteiger partial charge >= 0.3 is 0 Å². The Morgan fingerprint density at radius 1 is 0.964 bits per heavy atom.